The van der Waals surface area contributed by atoms with Gasteiger partial charge in [0.05, 0.1) is 0 Å². The highest BCUT2D eigenvalue weighted by Gasteiger charge is 2.12. The van der Waals surface area contributed by atoms with E-state index < -0.39 is 0 Å². The fraction of sp³-hybridized carbons (Fsp3) is 0.231. The van der Waals surface area contributed by atoms with E-state index in [1.165, 1.54) is 5.56 Å². The third-order valence-electron chi connectivity index (χ3n) is 2.52. The highest BCUT2D eigenvalue weighted by molar-refractivity contribution is 6.31. The maximum atomic E-state index is 6.07. The lowest BCUT2D eigenvalue weighted by Crippen LogP contribution is -2.18. The third kappa shape index (κ3) is 2.56. The number of aryl methyl sites for hydroxylation is 1. The normalized spacial score (nSPS) is 10.3. The second-order valence-electron chi connectivity index (χ2n) is 3.75. The maximum absolute atomic E-state index is 6.07. The molecule has 0 fully saturated rings. The molecule has 0 amide bonds. The van der Waals surface area contributed by atoms with Crippen molar-refractivity contribution in [2.45, 2.75) is 13.8 Å². The quantitative estimate of drug-likeness (QED) is 0.830. The molecule has 2 rings (SSSR count). The minimum Gasteiger partial charge on any atom is -0.324 e. The summed E-state index contributed by atoms with van der Waals surface area (Å²) in [6.45, 7) is 4.92. The van der Waals surface area contributed by atoms with Crippen LogP contribution in [0.15, 0.2) is 36.7 Å². The molecule has 17 heavy (non-hydrogen) atoms. The summed E-state index contributed by atoms with van der Waals surface area (Å²) in [6.07, 6.45) is 3.25. The summed E-state index contributed by atoms with van der Waals surface area (Å²) in [5.74, 6) is 0.697. The van der Waals surface area contributed by atoms with E-state index in [0.717, 1.165) is 12.2 Å². The highest BCUT2D eigenvalue weighted by atomic mass is 35.5. The fourth-order valence-corrected chi connectivity index (χ4v) is 1.95. The van der Waals surface area contributed by atoms with Crippen molar-refractivity contribution >= 4 is 23.1 Å². The van der Waals surface area contributed by atoms with Crippen LogP contribution in [0, 0.1) is 6.92 Å². The van der Waals surface area contributed by atoms with Crippen molar-refractivity contribution < 1.29 is 0 Å². The number of rotatable bonds is 3. The molecule has 0 bridgehead atoms. The topological polar surface area (TPSA) is 29.0 Å². The molecule has 88 valence electrons. The average Bonchev–Trinajstić information content (AvgIpc) is 2.33. The van der Waals surface area contributed by atoms with E-state index in [0.29, 0.717) is 11.0 Å². The Morgan fingerprint density at radius 2 is 2.00 bits per heavy atom. The van der Waals surface area contributed by atoms with Crippen LogP contribution < -0.4 is 4.90 Å². The van der Waals surface area contributed by atoms with E-state index >= 15 is 0 Å². The predicted molar refractivity (Wildman–Crippen MR) is 70.9 cm³/mol. The standard InChI is InChI=1S/C13H14ClN3/c1-3-17(11-6-4-5-10(2)9-11)13-12(14)15-7-8-16-13/h4-9H,3H2,1-2H3. The van der Waals surface area contributed by atoms with Gasteiger partial charge in [-0.2, -0.15) is 0 Å². The molecule has 0 N–H and O–H groups in total. The van der Waals surface area contributed by atoms with Gasteiger partial charge in [-0.1, -0.05) is 23.7 Å². The molecule has 0 saturated heterocycles. The minimum absolute atomic E-state index is 0.427. The molecule has 1 aromatic heterocycles. The summed E-state index contributed by atoms with van der Waals surface area (Å²) in [4.78, 5) is 10.4. The summed E-state index contributed by atoms with van der Waals surface area (Å²) in [7, 11) is 0. The van der Waals surface area contributed by atoms with Crippen LogP contribution in [0.25, 0.3) is 0 Å². The lowest BCUT2D eigenvalue weighted by atomic mass is 10.2. The van der Waals surface area contributed by atoms with Crippen LogP contribution in [0.5, 0.6) is 0 Å². The largest absolute Gasteiger partial charge is 0.324 e. The molecular weight excluding hydrogens is 234 g/mol. The van der Waals surface area contributed by atoms with Gasteiger partial charge in [-0.15, -0.1) is 0 Å². The van der Waals surface area contributed by atoms with Crippen LogP contribution in [0.4, 0.5) is 11.5 Å². The van der Waals surface area contributed by atoms with Gasteiger partial charge in [0, 0.05) is 24.6 Å². The summed E-state index contributed by atoms with van der Waals surface area (Å²) >= 11 is 6.07. The van der Waals surface area contributed by atoms with Crippen molar-refractivity contribution in [2.75, 3.05) is 11.4 Å². The number of anilines is 2. The Hall–Kier alpha value is -1.61. The molecule has 0 saturated carbocycles. The van der Waals surface area contributed by atoms with Gasteiger partial charge in [0.1, 0.15) is 0 Å². The molecule has 0 atom stereocenters. The Balaban J connectivity index is 2.44. The average molecular weight is 248 g/mol. The fourth-order valence-electron chi connectivity index (χ4n) is 1.75. The molecule has 0 spiro atoms. The molecule has 3 nitrogen and oxygen atoms in total. The Morgan fingerprint density at radius 1 is 1.24 bits per heavy atom. The van der Waals surface area contributed by atoms with E-state index in [1.54, 1.807) is 12.4 Å². The lowest BCUT2D eigenvalue weighted by molar-refractivity contribution is 0.975. The number of halogens is 1. The molecular formula is C13H14ClN3. The molecule has 0 aliphatic heterocycles. The first-order chi connectivity index (χ1) is 8.22. The van der Waals surface area contributed by atoms with Gasteiger partial charge in [-0.05, 0) is 31.5 Å². The molecule has 1 aromatic carbocycles. The molecule has 0 aliphatic rings. The molecule has 1 heterocycles. The Kier molecular flexibility index (Phi) is 3.59. The van der Waals surface area contributed by atoms with E-state index in [-0.39, 0.29) is 0 Å². The van der Waals surface area contributed by atoms with Gasteiger partial charge < -0.3 is 4.90 Å². The summed E-state index contributed by atoms with van der Waals surface area (Å²) < 4.78 is 0. The summed E-state index contributed by atoms with van der Waals surface area (Å²) in [5, 5.41) is 0.427. The van der Waals surface area contributed by atoms with Gasteiger partial charge in [0.2, 0.25) is 0 Å². The Labute approximate surface area is 106 Å². The molecule has 0 aliphatic carbocycles. The minimum atomic E-state index is 0.427. The number of benzene rings is 1. The van der Waals surface area contributed by atoms with E-state index in [4.69, 9.17) is 11.6 Å². The van der Waals surface area contributed by atoms with Crippen molar-refractivity contribution in [2.24, 2.45) is 0 Å². The van der Waals surface area contributed by atoms with Gasteiger partial charge in [0.15, 0.2) is 11.0 Å². The van der Waals surface area contributed by atoms with Crippen LogP contribution in [0.3, 0.4) is 0 Å². The zero-order chi connectivity index (χ0) is 12.3. The molecule has 0 unspecified atom stereocenters. The maximum Gasteiger partial charge on any atom is 0.172 e. The number of hydrogen-bond acceptors (Lipinski definition) is 3. The molecule has 0 radical (unpaired) electrons. The van der Waals surface area contributed by atoms with Crippen molar-refractivity contribution in [3.63, 3.8) is 0 Å². The van der Waals surface area contributed by atoms with Gasteiger partial charge in [0.25, 0.3) is 0 Å². The first-order valence-corrected chi connectivity index (χ1v) is 5.91. The predicted octanol–water partition coefficient (Wildman–Crippen LogP) is 3.60. The van der Waals surface area contributed by atoms with Crippen molar-refractivity contribution in [1.82, 2.24) is 9.97 Å². The van der Waals surface area contributed by atoms with Crippen molar-refractivity contribution in [1.29, 1.82) is 0 Å². The molecule has 4 heteroatoms. The van der Waals surface area contributed by atoms with Crippen LogP contribution in [-0.4, -0.2) is 16.5 Å². The lowest BCUT2D eigenvalue weighted by Gasteiger charge is -2.22. The van der Waals surface area contributed by atoms with Crippen LogP contribution in [0.1, 0.15) is 12.5 Å². The van der Waals surface area contributed by atoms with Gasteiger partial charge in [-0.25, -0.2) is 9.97 Å². The van der Waals surface area contributed by atoms with Crippen molar-refractivity contribution in [3.05, 3.63) is 47.4 Å². The monoisotopic (exact) mass is 247 g/mol. The second-order valence-corrected chi connectivity index (χ2v) is 4.11. The third-order valence-corrected chi connectivity index (χ3v) is 2.79. The SMILES string of the molecule is CCN(c1cccc(C)c1)c1nccnc1Cl. The number of nitrogens with zero attached hydrogens (tertiary/aromatic N) is 3. The first-order valence-electron chi connectivity index (χ1n) is 5.53. The smallest absolute Gasteiger partial charge is 0.172 e. The zero-order valence-corrected chi connectivity index (χ0v) is 10.6. The van der Waals surface area contributed by atoms with E-state index in [1.807, 2.05) is 17.0 Å². The van der Waals surface area contributed by atoms with Crippen LogP contribution >= 0.6 is 11.6 Å². The zero-order valence-electron chi connectivity index (χ0n) is 9.89. The van der Waals surface area contributed by atoms with Crippen molar-refractivity contribution in [3.8, 4) is 0 Å². The van der Waals surface area contributed by atoms with Crippen LogP contribution in [0.2, 0.25) is 5.15 Å². The van der Waals surface area contributed by atoms with Gasteiger partial charge >= 0.3 is 0 Å². The number of hydrogen-bond donors (Lipinski definition) is 0. The second kappa shape index (κ2) is 5.15. The first kappa shape index (κ1) is 11.9. The Bertz CT molecular complexity index is 514. The van der Waals surface area contributed by atoms with E-state index in [9.17, 15) is 0 Å². The van der Waals surface area contributed by atoms with Gasteiger partial charge in [-0.3, -0.25) is 0 Å². The Morgan fingerprint density at radius 3 is 2.65 bits per heavy atom. The van der Waals surface area contributed by atoms with Crippen LogP contribution in [-0.2, 0) is 0 Å². The highest BCUT2D eigenvalue weighted by Crippen LogP contribution is 2.28. The summed E-state index contributed by atoms with van der Waals surface area (Å²) in [5.41, 5.74) is 2.29. The summed E-state index contributed by atoms with van der Waals surface area (Å²) in [6, 6.07) is 8.24. The number of aromatic nitrogens is 2. The molecule has 2 aromatic rings. The van der Waals surface area contributed by atoms with E-state index in [2.05, 4.69) is 35.9 Å².